The van der Waals surface area contributed by atoms with Crippen LogP contribution in [0.4, 0.5) is 10.6 Å². The minimum atomic E-state index is -0.420. The molecule has 0 saturated carbocycles. The fourth-order valence-electron chi connectivity index (χ4n) is 2.93. The first kappa shape index (κ1) is 19.3. The van der Waals surface area contributed by atoms with Gasteiger partial charge in [0.25, 0.3) is 5.56 Å². The number of nitrogens with zero attached hydrogens (tertiary/aromatic N) is 2. The van der Waals surface area contributed by atoms with Gasteiger partial charge in [-0.3, -0.25) is 15.2 Å². The highest BCUT2D eigenvalue weighted by Gasteiger charge is 2.17. The van der Waals surface area contributed by atoms with E-state index < -0.39 is 6.03 Å². The van der Waals surface area contributed by atoms with E-state index in [0.717, 1.165) is 6.21 Å². The van der Waals surface area contributed by atoms with Crippen LogP contribution in [0, 0.1) is 5.41 Å². The van der Waals surface area contributed by atoms with Crippen LogP contribution in [0.5, 0.6) is 0 Å². The standard InChI is InChI=1S/C20H24N6O2/c1-11(2)13-5-7-14(8-6-13)26-19(27)16-10-22-18(15(9-21)17(16)25-26)24-20(28)23-12(3)4/h5-12,21,25H,1-4H3,(H2,22,23,24,28). The van der Waals surface area contributed by atoms with E-state index in [1.807, 2.05) is 38.1 Å². The van der Waals surface area contributed by atoms with Gasteiger partial charge in [-0.2, -0.15) is 0 Å². The Kier molecular flexibility index (Phi) is 5.30. The van der Waals surface area contributed by atoms with E-state index in [9.17, 15) is 9.59 Å². The Hall–Kier alpha value is -3.42. The fraction of sp³-hybridized carbons (Fsp3) is 0.300. The Bertz CT molecular complexity index is 1080. The second kappa shape index (κ2) is 7.67. The van der Waals surface area contributed by atoms with Gasteiger partial charge in [0, 0.05) is 18.5 Å². The zero-order valence-electron chi connectivity index (χ0n) is 16.3. The molecule has 3 rings (SSSR count). The SMILES string of the molecule is CC(C)NC(=O)Nc1ncc2c(=O)n(-c3ccc(C(C)C)cc3)[nH]c2c1C=N. The molecule has 0 fully saturated rings. The first-order chi connectivity index (χ1) is 13.3. The van der Waals surface area contributed by atoms with Crippen LogP contribution < -0.4 is 16.2 Å². The summed E-state index contributed by atoms with van der Waals surface area (Å²) in [5.74, 6) is 0.608. The molecular formula is C20H24N6O2. The average molecular weight is 380 g/mol. The molecule has 0 aliphatic rings. The fourth-order valence-corrected chi connectivity index (χ4v) is 2.93. The molecule has 2 heterocycles. The number of amides is 2. The van der Waals surface area contributed by atoms with E-state index in [2.05, 4.69) is 34.6 Å². The number of aromatic amines is 1. The molecule has 0 atom stereocenters. The maximum absolute atomic E-state index is 12.8. The summed E-state index contributed by atoms with van der Waals surface area (Å²) in [5.41, 5.74) is 2.39. The first-order valence-electron chi connectivity index (χ1n) is 9.14. The normalized spacial score (nSPS) is 11.2. The molecule has 0 aliphatic carbocycles. The van der Waals surface area contributed by atoms with E-state index in [1.165, 1.54) is 16.4 Å². The van der Waals surface area contributed by atoms with E-state index >= 15 is 0 Å². The smallest absolute Gasteiger partial charge is 0.320 e. The number of carbonyl (C=O) groups excluding carboxylic acids is 1. The third-order valence-electron chi connectivity index (χ3n) is 4.39. The Morgan fingerprint density at radius 1 is 1.21 bits per heavy atom. The molecule has 146 valence electrons. The second-order valence-corrected chi connectivity index (χ2v) is 7.21. The topological polar surface area (TPSA) is 116 Å². The molecule has 2 amide bonds. The van der Waals surface area contributed by atoms with Gasteiger partial charge in [0.1, 0.15) is 5.82 Å². The van der Waals surface area contributed by atoms with Gasteiger partial charge in [-0.1, -0.05) is 26.0 Å². The summed E-state index contributed by atoms with van der Waals surface area (Å²) in [6, 6.07) is 7.25. The van der Waals surface area contributed by atoms with Crippen LogP contribution in [0.1, 0.15) is 44.7 Å². The van der Waals surface area contributed by atoms with Crippen molar-refractivity contribution in [2.75, 3.05) is 5.32 Å². The third kappa shape index (κ3) is 3.66. The van der Waals surface area contributed by atoms with Crippen molar-refractivity contribution in [3.05, 3.63) is 51.9 Å². The lowest BCUT2D eigenvalue weighted by Gasteiger charge is -2.11. The largest absolute Gasteiger partial charge is 0.336 e. The number of hydrogen-bond acceptors (Lipinski definition) is 4. The maximum atomic E-state index is 12.8. The highest BCUT2D eigenvalue weighted by Crippen LogP contribution is 2.21. The van der Waals surface area contributed by atoms with Crippen LogP contribution in [0.25, 0.3) is 16.6 Å². The number of anilines is 1. The third-order valence-corrected chi connectivity index (χ3v) is 4.39. The molecule has 0 radical (unpaired) electrons. The number of benzene rings is 1. The quantitative estimate of drug-likeness (QED) is 0.509. The molecule has 1 aromatic carbocycles. The van der Waals surface area contributed by atoms with Gasteiger partial charge in [-0.05, 0) is 37.5 Å². The minimum Gasteiger partial charge on any atom is -0.336 e. The van der Waals surface area contributed by atoms with Crippen molar-refractivity contribution in [1.82, 2.24) is 20.1 Å². The van der Waals surface area contributed by atoms with Gasteiger partial charge in [-0.15, -0.1) is 0 Å². The summed E-state index contributed by atoms with van der Waals surface area (Å²) >= 11 is 0. The number of fused-ring (bicyclic) bond motifs is 1. The number of urea groups is 1. The lowest BCUT2D eigenvalue weighted by Crippen LogP contribution is -2.34. The number of H-pyrrole nitrogens is 1. The van der Waals surface area contributed by atoms with Crippen molar-refractivity contribution in [2.24, 2.45) is 0 Å². The van der Waals surface area contributed by atoms with Gasteiger partial charge in [0.2, 0.25) is 0 Å². The lowest BCUT2D eigenvalue weighted by molar-refractivity contribution is 0.250. The Labute approximate surface area is 162 Å². The van der Waals surface area contributed by atoms with E-state index in [0.29, 0.717) is 28.1 Å². The molecule has 8 nitrogen and oxygen atoms in total. The Balaban J connectivity index is 2.06. The van der Waals surface area contributed by atoms with E-state index in [-0.39, 0.29) is 17.4 Å². The number of carbonyl (C=O) groups is 1. The number of rotatable bonds is 5. The molecule has 4 N–H and O–H groups in total. The number of nitrogens with one attached hydrogen (secondary N) is 4. The van der Waals surface area contributed by atoms with Gasteiger partial charge in [0.15, 0.2) is 0 Å². The Morgan fingerprint density at radius 3 is 2.46 bits per heavy atom. The molecule has 8 heteroatoms. The number of aromatic nitrogens is 3. The van der Waals surface area contributed by atoms with Crippen LogP contribution in [0.15, 0.2) is 35.3 Å². The van der Waals surface area contributed by atoms with Gasteiger partial charge in [0.05, 0.1) is 22.2 Å². The summed E-state index contributed by atoms with van der Waals surface area (Å²) in [5, 5.41) is 16.5. The summed E-state index contributed by atoms with van der Waals surface area (Å²) in [7, 11) is 0. The molecule has 28 heavy (non-hydrogen) atoms. The number of hydrogen-bond donors (Lipinski definition) is 4. The van der Waals surface area contributed by atoms with Crippen LogP contribution in [0.3, 0.4) is 0 Å². The van der Waals surface area contributed by atoms with Crippen molar-refractivity contribution in [3.8, 4) is 5.69 Å². The summed E-state index contributed by atoms with van der Waals surface area (Å²) in [4.78, 5) is 29.0. The van der Waals surface area contributed by atoms with Crippen LogP contribution in [-0.4, -0.2) is 33.1 Å². The van der Waals surface area contributed by atoms with Gasteiger partial charge < -0.3 is 10.7 Å². The van der Waals surface area contributed by atoms with Gasteiger partial charge >= 0.3 is 6.03 Å². The first-order valence-corrected chi connectivity index (χ1v) is 9.14. The average Bonchev–Trinajstić information content (AvgIpc) is 2.97. The summed E-state index contributed by atoms with van der Waals surface area (Å²) < 4.78 is 1.42. The van der Waals surface area contributed by atoms with Crippen molar-refractivity contribution < 1.29 is 4.79 Å². The van der Waals surface area contributed by atoms with Crippen LogP contribution >= 0.6 is 0 Å². The van der Waals surface area contributed by atoms with Gasteiger partial charge in [-0.25, -0.2) is 14.5 Å². The molecule has 3 aromatic rings. The zero-order valence-corrected chi connectivity index (χ0v) is 16.3. The monoisotopic (exact) mass is 380 g/mol. The van der Waals surface area contributed by atoms with Crippen molar-refractivity contribution in [3.63, 3.8) is 0 Å². The highest BCUT2D eigenvalue weighted by atomic mass is 16.2. The molecule has 0 unspecified atom stereocenters. The molecular weight excluding hydrogens is 356 g/mol. The number of pyridine rings is 1. The van der Waals surface area contributed by atoms with E-state index in [1.54, 1.807) is 0 Å². The second-order valence-electron chi connectivity index (χ2n) is 7.21. The predicted molar refractivity (Wildman–Crippen MR) is 111 cm³/mol. The lowest BCUT2D eigenvalue weighted by atomic mass is 10.0. The minimum absolute atomic E-state index is 0.0399. The van der Waals surface area contributed by atoms with Crippen LogP contribution in [0.2, 0.25) is 0 Å². The van der Waals surface area contributed by atoms with E-state index in [4.69, 9.17) is 5.41 Å². The summed E-state index contributed by atoms with van der Waals surface area (Å²) in [6.45, 7) is 7.90. The molecule has 0 bridgehead atoms. The highest BCUT2D eigenvalue weighted by molar-refractivity contribution is 6.04. The molecule has 0 spiro atoms. The van der Waals surface area contributed by atoms with Crippen LogP contribution in [-0.2, 0) is 0 Å². The van der Waals surface area contributed by atoms with Crippen molar-refractivity contribution in [2.45, 2.75) is 39.7 Å². The van der Waals surface area contributed by atoms with Crippen molar-refractivity contribution in [1.29, 1.82) is 5.41 Å². The molecule has 2 aromatic heterocycles. The summed E-state index contributed by atoms with van der Waals surface area (Å²) in [6.07, 6.45) is 2.48. The molecule has 0 saturated heterocycles. The maximum Gasteiger partial charge on any atom is 0.320 e. The zero-order chi connectivity index (χ0) is 20.4. The Morgan fingerprint density at radius 2 is 1.89 bits per heavy atom. The predicted octanol–water partition coefficient (Wildman–Crippen LogP) is 3.36. The van der Waals surface area contributed by atoms with Crippen molar-refractivity contribution >= 4 is 29.0 Å². The molecule has 0 aliphatic heterocycles.